The van der Waals surface area contributed by atoms with Crippen LogP contribution in [0.25, 0.3) is 0 Å². The zero-order valence-electron chi connectivity index (χ0n) is 15.2. The minimum Gasteiger partial charge on any atom is -0.497 e. The van der Waals surface area contributed by atoms with Crippen molar-refractivity contribution in [1.82, 2.24) is 4.72 Å². The summed E-state index contributed by atoms with van der Waals surface area (Å²) in [4.78, 5) is 14.1. The number of hydrogen-bond acceptors (Lipinski definition) is 5. The molecule has 2 aromatic carbocycles. The predicted octanol–water partition coefficient (Wildman–Crippen LogP) is 1.99. The zero-order valence-corrected chi connectivity index (χ0v) is 16.1. The van der Waals surface area contributed by atoms with Gasteiger partial charge >= 0.3 is 0 Å². The number of methoxy groups -OCH3 is 1. The first-order valence-electron chi connectivity index (χ1n) is 7.94. The maximum Gasteiger partial charge on any atom is 0.241 e. The Labute approximate surface area is 154 Å². The van der Waals surface area contributed by atoms with E-state index in [1.807, 2.05) is 31.1 Å². The molecule has 0 aliphatic heterocycles. The number of carbonyl (C=O) groups is 1. The largest absolute Gasteiger partial charge is 0.497 e. The molecule has 0 fully saturated rings. The first-order chi connectivity index (χ1) is 12.2. The molecule has 8 heteroatoms. The lowest BCUT2D eigenvalue weighted by Gasteiger charge is -2.13. The SMILES string of the molecule is COc1ccc(S(=O)(=O)NCC(=O)Nc2ccc(N(C)C)cc2)c(C)c1. The number of carbonyl (C=O) groups excluding carboxylic acids is 1. The summed E-state index contributed by atoms with van der Waals surface area (Å²) in [7, 11) is 1.56. The van der Waals surface area contributed by atoms with Crippen LogP contribution in [-0.4, -0.2) is 42.1 Å². The average Bonchev–Trinajstić information content (AvgIpc) is 2.60. The molecule has 0 aliphatic rings. The van der Waals surface area contributed by atoms with Crippen molar-refractivity contribution in [2.24, 2.45) is 0 Å². The van der Waals surface area contributed by atoms with Gasteiger partial charge in [-0.05, 0) is 55.0 Å². The summed E-state index contributed by atoms with van der Waals surface area (Å²) in [5, 5.41) is 2.66. The number of amides is 1. The molecule has 0 atom stereocenters. The standard InChI is InChI=1S/C18H23N3O4S/c1-13-11-16(25-4)9-10-17(13)26(23,24)19-12-18(22)20-14-5-7-15(8-6-14)21(2)3/h5-11,19H,12H2,1-4H3,(H,20,22). The number of benzene rings is 2. The fraction of sp³-hybridized carbons (Fsp3) is 0.278. The van der Waals surface area contributed by atoms with E-state index in [2.05, 4.69) is 10.0 Å². The van der Waals surface area contributed by atoms with Crippen LogP contribution in [0.1, 0.15) is 5.56 Å². The Hall–Kier alpha value is -2.58. The molecule has 0 bridgehead atoms. The van der Waals surface area contributed by atoms with Gasteiger partial charge in [-0.25, -0.2) is 13.1 Å². The van der Waals surface area contributed by atoms with Gasteiger partial charge in [0.25, 0.3) is 0 Å². The Kier molecular flexibility index (Phi) is 6.23. The normalized spacial score (nSPS) is 11.1. The van der Waals surface area contributed by atoms with Crippen LogP contribution < -0.4 is 19.7 Å². The Morgan fingerprint density at radius 1 is 1.12 bits per heavy atom. The van der Waals surface area contributed by atoms with E-state index in [0.717, 1.165) is 5.69 Å². The van der Waals surface area contributed by atoms with Crippen molar-refractivity contribution >= 4 is 27.3 Å². The maximum atomic E-state index is 12.4. The molecular weight excluding hydrogens is 354 g/mol. The van der Waals surface area contributed by atoms with Gasteiger partial charge in [-0.1, -0.05) is 0 Å². The molecule has 0 aromatic heterocycles. The zero-order chi connectivity index (χ0) is 19.3. The van der Waals surface area contributed by atoms with E-state index >= 15 is 0 Å². The second kappa shape index (κ2) is 8.20. The van der Waals surface area contributed by atoms with Crippen molar-refractivity contribution in [2.75, 3.05) is 38.0 Å². The third-order valence-corrected chi connectivity index (χ3v) is 5.32. The van der Waals surface area contributed by atoms with Gasteiger partial charge in [-0.15, -0.1) is 0 Å². The van der Waals surface area contributed by atoms with Gasteiger partial charge in [0.15, 0.2) is 0 Å². The molecule has 2 N–H and O–H groups in total. The van der Waals surface area contributed by atoms with E-state index in [0.29, 0.717) is 17.0 Å². The quantitative estimate of drug-likeness (QED) is 0.770. The van der Waals surface area contributed by atoms with E-state index in [4.69, 9.17) is 4.74 Å². The van der Waals surface area contributed by atoms with Gasteiger partial charge in [0.2, 0.25) is 15.9 Å². The van der Waals surface area contributed by atoms with Crippen LogP contribution in [0.4, 0.5) is 11.4 Å². The van der Waals surface area contributed by atoms with Gasteiger partial charge < -0.3 is 15.0 Å². The summed E-state index contributed by atoms with van der Waals surface area (Å²) >= 11 is 0. The Balaban J connectivity index is 1.99. The summed E-state index contributed by atoms with van der Waals surface area (Å²) in [5.41, 5.74) is 2.13. The predicted molar refractivity (Wildman–Crippen MR) is 102 cm³/mol. The molecule has 0 heterocycles. The fourth-order valence-electron chi connectivity index (χ4n) is 2.34. The Morgan fingerprint density at radius 3 is 2.31 bits per heavy atom. The molecule has 2 rings (SSSR count). The fourth-order valence-corrected chi connectivity index (χ4v) is 3.54. The van der Waals surface area contributed by atoms with Crippen LogP contribution in [0.2, 0.25) is 0 Å². The molecule has 0 spiro atoms. The van der Waals surface area contributed by atoms with Crippen molar-refractivity contribution in [1.29, 1.82) is 0 Å². The molecule has 0 saturated heterocycles. The molecule has 7 nitrogen and oxygen atoms in total. The highest BCUT2D eigenvalue weighted by Gasteiger charge is 2.18. The van der Waals surface area contributed by atoms with Gasteiger partial charge in [0.1, 0.15) is 5.75 Å². The molecule has 140 valence electrons. The molecule has 2 aromatic rings. The number of ether oxygens (including phenoxy) is 1. The highest BCUT2D eigenvalue weighted by atomic mass is 32.2. The lowest BCUT2D eigenvalue weighted by molar-refractivity contribution is -0.115. The topological polar surface area (TPSA) is 87.7 Å². The molecule has 1 amide bonds. The number of anilines is 2. The number of aryl methyl sites for hydroxylation is 1. The van der Waals surface area contributed by atoms with E-state index in [1.165, 1.54) is 13.2 Å². The smallest absolute Gasteiger partial charge is 0.241 e. The van der Waals surface area contributed by atoms with Crippen LogP contribution in [0.3, 0.4) is 0 Å². The van der Waals surface area contributed by atoms with E-state index in [1.54, 1.807) is 31.2 Å². The van der Waals surface area contributed by atoms with Crippen LogP contribution in [-0.2, 0) is 14.8 Å². The highest BCUT2D eigenvalue weighted by Crippen LogP contribution is 2.20. The second-order valence-corrected chi connectivity index (χ2v) is 7.68. The second-order valence-electron chi connectivity index (χ2n) is 5.95. The van der Waals surface area contributed by atoms with Crippen LogP contribution in [0.5, 0.6) is 5.75 Å². The van der Waals surface area contributed by atoms with Gasteiger partial charge in [-0.2, -0.15) is 0 Å². The van der Waals surface area contributed by atoms with Crippen molar-refractivity contribution in [2.45, 2.75) is 11.8 Å². The number of nitrogens with zero attached hydrogens (tertiary/aromatic N) is 1. The Bertz CT molecular complexity index is 878. The van der Waals surface area contributed by atoms with Crippen molar-refractivity contribution < 1.29 is 17.9 Å². The minimum absolute atomic E-state index is 0.112. The number of hydrogen-bond donors (Lipinski definition) is 2. The van der Waals surface area contributed by atoms with Crippen LogP contribution in [0, 0.1) is 6.92 Å². The molecule has 0 unspecified atom stereocenters. The van der Waals surface area contributed by atoms with Crippen molar-refractivity contribution in [3.63, 3.8) is 0 Å². The Morgan fingerprint density at radius 2 is 1.77 bits per heavy atom. The molecule has 0 saturated carbocycles. The number of rotatable bonds is 7. The molecule has 0 aliphatic carbocycles. The first-order valence-corrected chi connectivity index (χ1v) is 9.43. The minimum atomic E-state index is -3.79. The van der Waals surface area contributed by atoms with Gasteiger partial charge in [0.05, 0.1) is 18.6 Å². The summed E-state index contributed by atoms with van der Waals surface area (Å²) in [6.45, 7) is 1.31. The van der Waals surface area contributed by atoms with Crippen molar-refractivity contribution in [3.8, 4) is 5.75 Å². The monoisotopic (exact) mass is 377 g/mol. The van der Waals surface area contributed by atoms with Crippen LogP contribution >= 0.6 is 0 Å². The first kappa shape index (κ1) is 19.7. The number of nitrogens with one attached hydrogen (secondary N) is 2. The summed E-state index contributed by atoms with van der Waals surface area (Å²) in [6.07, 6.45) is 0. The number of sulfonamides is 1. The van der Waals surface area contributed by atoms with Gasteiger partial charge in [0, 0.05) is 25.5 Å². The third-order valence-electron chi connectivity index (χ3n) is 3.76. The van der Waals surface area contributed by atoms with Gasteiger partial charge in [-0.3, -0.25) is 4.79 Å². The highest BCUT2D eigenvalue weighted by molar-refractivity contribution is 7.89. The third kappa shape index (κ3) is 4.96. The average molecular weight is 377 g/mol. The molecule has 26 heavy (non-hydrogen) atoms. The van der Waals surface area contributed by atoms with Crippen molar-refractivity contribution in [3.05, 3.63) is 48.0 Å². The summed E-state index contributed by atoms with van der Waals surface area (Å²) in [6, 6.07) is 11.9. The lowest BCUT2D eigenvalue weighted by Crippen LogP contribution is -2.33. The molecule has 0 radical (unpaired) electrons. The maximum absolute atomic E-state index is 12.4. The summed E-state index contributed by atoms with van der Waals surface area (Å²) in [5.74, 6) is 0.123. The lowest BCUT2D eigenvalue weighted by atomic mass is 10.2. The van der Waals surface area contributed by atoms with E-state index in [9.17, 15) is 13.2 Å². The van der Waals surface area contributed by atoms with Crippen LogP contribution in [0.15, 0.2) is 47.4 Å². The van der Waals surface area contributed by atoms with E-state index in [-0.39, 0.29) is 11.4 Å². The summed E-state index contributed by atoms with van der Waals surface area (Å²) < 4.78 is 32.2. The van der Waals surface area contributed by atoms with E-state index < -0.39 is 15.9 Å². The molecular formula is C18H23N3O4S.